The highest BCUT2D eigenvalue weighted by molar-refractivity contribution is 7.77. The molecule has 0 aromatic heterocycles. The standard InChI is InChI=1S/C22H28N2O2S/c1-23-21-14-18-9-8-17(15-22(10-5-11-22)24-27(25)26)13-19(18)20(21)12-16-6-3-2-4-7-16/h2-4,6-9,13,20-21,23-24H,5,10-12,14-15H2,1H3,(H,25,26)/p-1. The number of nitrogens with one attached hydrogen (secondary N) is 2. The molecule has 0 aliphatic heterocycles. The highest BCUT2D eigenvalue weighted by Crippen LogP contribution is 2.39. The maximum absolute atomic E-state index is 11.2. The lowest BCUT2D eigenvalue weighted by molar-refractivity contribution is 0.218. The average Bonchev–Trinajstić information content (AvgIpc) is 2.97. The van der Waals surface area contributed by atoms with Crippen molar-refractivity contribution in [1.82, 2.24) is 10.0 Å². The lowest BCUT2D eigenvalue weighted by Crippen LogP contribution is -2.53. The Bertz CT molecular complexity index is 820. The topological polar surface area (TPSA) is 64.2 Å². The Hall–Kier alpha value is -1.53. The third-order valence-electron chi connectivity index (χ3n) is 6.36. The largest absolute Gasteiger partial charge is 0.760 e. The lowest BCUT2D eigenvalue weighted by atomic mass is 9.73. The molecule has 4 rings (SSSR count). The number of likely N-dealkylation sites (N-methyl/N-ethyl adjacent to an activating group) is 1. The van der Waals surface area contributed by atoms with Crippen LogP contribution in [-0.2, 0) is 30.5 Å². The zero-order valence-electron chi connectivity index (χ0n) is 15.7. The first-order chi connectivity index (χ1) is 13.1. The minimum atomic E-state index is -2.21. The fraction of sp³-hybridized carbons (Fsp3) is 0.455. The summed E-state index contributed by atoms with van der Waals surface area (Å²) in [5, 5.41) is 3.50. The van der Waals surface area contributed by atoms with Crippen molar-refractivity contribution in [2.45, 2.75) is 56.0 Å². The van der Waals surface area contributed by atoms with E-state index in [0.29, 0.717) is 12.0 Å². The average molecular weight is 384 g/mol. The molecule has 0 amide bonds. The number of benzene rings is 2. The first kappa shape index (κ1) is 18.8. The molecule has 0 heterocycles. The summed E-state index contributed by atoms with van der Waals surface area (Å²) in [6.45, 7) is 0. The minimum Gasteiger partial charge on any atom is -0.760 e. The molecule has 0 radical (unpaired) electrons. The number of fused-ring (bicyclic) bond motifs is 1. The normalized spacial score (nSPS) is 24.2. The van der Waals surface area contributed by atoms with Crippen molar-refractivity contribution in [3.05, 3.63) is 70.8 Å². The Kier molecular flexibility index (Phi) is 5.46. The molecule has 3 atom stereocenters. The highest BCUT2D eigenvalue weighted by Gasteiger charge is 2.38. The molecule has 0 bridgehead atoms. The molecule has 2 aromatic rings. The number of rotatable bonds is 7. The molecule has 2 aliphatic rings. The monoisotopic (exact) mass is 383 g/mol. The molecule has 2 N–H and O–H groups in total. The van der Waals surface area contributed by atoms with Gasteiger partial charge in [-0.3, -0.25) is 4.21 Å². The SMILES string of the molecule is CNC1Cc2ccc(CC3(NS(=O)[O-])CCC3)cc2C1Cc1ccccc1. The van der Waals surface area contributed by atoms with Crippen LogP contribution in [0.15, 0.2) is 48.5 Å². The van der Waals surface area contributed by atoms with E-state index in [1.54, 1.807) is 0 Å². The molecule has 5 heteroatoms. The van der Waals surface area contributed by atoms with Gasteiger partial charge in [-0.05, 0) is 67.8 Å². The summed E-state index contributed by atoms with van der Waals surface area (Å²) in [6, 6.07) is 17.9. The van der Waals surface area contributed by atoms with Crippen molar-refractivity contribution in [2.75, 3.05) is 7.05 Å². The second-order valence-electron chi connectivity index (χ2n) is 8.08. The van der Waals surface area contributed by atoms with Crippen LogP contribution in [0.25, 0.3) is 0 Å². The third kappa shape index (κ3) is 4.02. The first-order valence-electron chi connectivity index (χ1n) is 9.78. The van der Waals surface area contributed by atoms with Crippen LogP contribution in [0.3, 0.4) is 0 Å². The van der Waals surface area contributed by atoms with Gasteiger partial charge in [-0.1, -0.05) is 48.5 Å². The maximum atomic E-state index is 11.2. The van der Waals surface area contributed by atoms with Crippen molar-refractivity contribution in [2.24, 2.45) is 0 Å². The molecule has 3 unspecified atom stereocenters. The van der Waals surface area contributed by atoms with E-state index in [9.17, 15) is 8.76 Å². The van der Waals surface area contributed by atoms with Gasteiger partial charge in [0.1, 0.15) is 0 Å². The Morgan fingerprint density at radius 1 is 1.15 bits per heavy atom. The molecule has 1 saturated carbocycles. The van der Waals surface area contributed by atoms with E-state index in [2.05, 4.69) is 58.6 Å². The van der Waals surface area contributed by atoms with Crippen LogP contribution in [0, 0.1) is 0 Å². The van der Waals surface area contributed by atoms with Gasteiger partial charge in [-0.15, -0.1) is 0 Å². The van der Waals surface area contributed by atoms with E-state index < -0.39 is 11.3 Å². The van der Waals surface area contributed by atoms with Gasteiger partial charge in [0.15, 0.2) is 0 Å². The van der Waals surface area contributed by atoms with E-state index in [4.69, 9.17) is 0 Å². The number of hydrogen-bond acceptors (Lipinski definition) is 3. The van der Waals surface area contributed by atoms with Gasteiger partial charge >= 0.3 is 0 Å². The Morgan fingerprint density at radius 3 is 2.56 bits per heavy atom. The summed E-state index contributed by atoms with van der Waals surface area (Å²) in [5.74, 6) is 0.450. The summed E-state index contributed by atoms with van der Waals surface area (Å²) in [5.41, 5.74) is 5.16. The van der Waals surface area contributed by atoms with Crippen LogP contribution >= 0.6 is 0 Å². The summed E-state index contributed by atoms with van der Waals surface area (Å²) in [7, 11) is 2.05. The number of hydrogen-bond donors (Lipinski definition) is 2. The van der Waals surface area contributed by atoms with Gasteiger partial charge in [0, 0.05) is 28.8 Å². The van der Waals surface area contributed by atoms with Crippen LogP contribution < -0.4 is 10.0 Å². The van der Waals surface area contributed by atoms with Gasteiger partial charge in [0.25, 0.3) is 0 Å². The van der Waals surface area contributed by atoms with Gasteiger partial charge < -0.3 is 9.87 Å². The maximum Gasteiger partial charge on any atom is 0.0335 e. The van der Waals surface area contributed by atoms with E-state index in [-0.39, 0.29) is 5.54 Å². The molecule has 0 spiro atoms. The van der Waals surface area contributed by atoms with E-state index in [1.807, 2.05) is 7.05 Å². The Balaban J connectivity index is 1.58. The quantitative estimate of drug-likeness (QED) is 0.723. The smallest absolute Gasteiger partial charge is 0.0335 e. The Morgan fingerprint density at radius 2 is 1.93 bits per heavy atom. The predicted molar refractivity (Wildman–Crippen MR) is 108 cm³/mol. The van der Waals surface area contributed by atoms with E-state index in [1.165, 1.54) is 22.3 Å². The molecule has 4 nitrogen and oxygen atoms in total. The van der Waals surface area contributed by atoms with Gasteiger partial charge in [-0.25, -0.2) is 4.72 Å². The zero-order valence-corrected chi connectivity index (χ0v) is 16.6. The van der Waals surface area contributed by atoms with Gasteiger partial charge in [0.2, 0.25) is 0 Å². The third-order valence-corrected chi connectivity index (χ3v) is 6.96. The predicted octanol–water partition coefficient (Wildman–Crippen LogP) is 3.01. The molecule has 2 aliphatic carbocycles. The molecule has 27 heavy (non-hydrogen) atoms. The minimum absolute atomic E-state index is 0.281. The van der Waals surface area contributed by atoms with Crippen LogP contribution in [0.2, 0.25) is 0 Å². The molecule has 1 fully saturated rings. The van der Waals surface area contributed by atoms with E-state index in [0.717, 1.165) is 38.5 Å². The second kappa shape index (κ2) is 7.84. The Labute approximate surface area is 164 Å². The van der Waals surface area contributed by atoms with Crippen LogP contribution in [0.4, 0.5) is 0 Å². The summed E-state index contributed by atoms with van der Waals surface area (Å²) in [4.78, 5) is 0. The van der Waals surface area contributed by atoms with Crippen LogP contribution in [0.5, 0.6) is 0 Å². The van der Waals surface area contributed by atoms with Crippen molar-refractivity contribution < 1.29 is 8.76 Å². The van der Waals surface area contributed by atoms with Crippen LogP contribution in [-0.4, -0.2) is 27.4 Å². The van der Waals surface area contributed by atoms with Gasteiger partial charge in [-0.2, -0.15) is 0 Å². The van der Waals surface area contributed by atoms with Crippen molar-refractivity contribution in [1.29, 1.82) is 0 Å². The van der Waals surface area contributed by atoms with Crippen molar-refractivity contribution in [3.8, 4) is 0 Å². The fourth-order valence-electron chi connectivity index (χ4n) is 4.79. The first-order valence-corrected chi connectivity index (χ1v) is 10.9. The fourth-order valence-corrected chi connectivity index (χ4v) is 5.42. The van der Waals surface area contributed by atoms with Crippen molar-refractivity contribution in [3.63, 3.8) is 0 Å². The van der Waals surface area contributed by atoms with E-state index >= 15 is 0 Å². The molecule has 144 valence electrons. The summed E-state index contributed by atoms with van der Waals surface area (Å²) >= 11 is -2.21. The van der Waals surface area contributed by atoms with Gasteiger partial charge in [0.05, 0.1) is 0 Å². The molecular weight excluding hydrogens is 356 g/mol. The summed E-state index contributed by atoms with van der Waals surface area (Å²) < 4.78 is 25.2. The van der Waals surface area contributed by atoms with Crippen molar-refractivity contribution >= 4 is 11.3 Å². The molecular formula is C22H27N2O2S-. The van der Waals surface area contributed by atoms with Crippen LogP contribution in [0.1, 0.15) is 47.4 Å². The molecule has 0 saturated heterocycles. The highest BCUT2D eigenvalue weighted by atomic mass is 32.2. The molecule has 2 aromatic carbocycles. The second-order valence-corrected chi connectivity index (χ2v) is 8.75. The lowest BCUT2D eigenvalue weighted by Gasteiger charge is -2.43. The zero-order chi connectivity index (χ0) is 18.9. The summed E-state index contributed by atoms with van der Waals surface area (Å²) in [6.07, 6.45) is 5.79.